The molecule has 1 aromatic heterocycles. The summed E-state index contributed by atoms with van der Waals surface area (Å²) in [7, 11) is -0.975. The molecule has 0 fully saturated rings. The van der Waals surface area contributed by atoms with Gasteiger partial charge in [-0.3, -0.25) is 14.8 Å². The van der Waals surface area contributed by atoms with Gasteiger partial charge in [-0.1, -0.05) is 13.8 Å². The summed E-state index contributed by atoms with van der Waals surface area (Å²) in [6.07, 6.45) is 3.08. The van der Waals surface area contributed by atoms with Gasteiger partial charge in [0.1, 0.15) is 5.82 Å². The van der Waals surface area contributed by atoms with Crippen molar-refractivity contribution in [3.05, 3.63) is 17.7 Å². The highest BCUT2D eigenvalue weighted by Gasteiger charge is 2.18. The predicted molar refractivity (Wildman–Crippen MR) is 79.8 cm³/mol. The van der Waals surface area contributed by atoms with E-state index in [9.17, 15) is 9.00 Å². The highest BCUT2D eigenvalue weighted by atomic mass is 32.2. The molecule has 1 heterocycles. The van der Waals surface area contributed by atoms with Crippen molar-refractivity contribution in [3.63, 3.8) is 0 Å². The first kappa shape index (κ1) is 16.5. The van der Waals surface area contributed by atoms with Crippen LogP contribution in [0.4, 0.5) is 5.69 Å². The molecule has 8 heteroatoms. The summed E-state index contributed by atoms with van der Waals surface area (Å²) < 4.78 is 11.1. The van der Waals surface area contributed by atoms with Crippen LogP contribution in [-0.4, -0.2) is 38.1 Å². The minimum absolute atomic E-state index is 0.106. The highest BCUT2D eigenvalue weighted by Crippen LogP contribution is 2.15. The summed E-state index contributed by atoms with van der Waals surface area (Å²) in [5, 5.41) is 2.75. The summed E-state index contributed by atoms with van der Waals surface area (Å²) in [4.78, 5) is 20.6. The van der Waals surface area contributed by atoms with Crippen molar-refractivity contribution in [2.75, 3.05) is 17.4 Å². The first-order valence-electron chi connectivity index (χ1n) is 6.29. The molecule has 0 radical (unpaired) electrons. The van der Waals surface area contributed by atoms with Crippen LogP contribution in [-0.2, 0) is 10.8 Å². The third kappa shape index (κ3) is 4.53. The number of carbonyl (C=O) groups is 1. The zero-order chi connectivity index (χ0) is 15.3. The molecule has 1 rings (SSSR count). The number of amides is 1. The fourth-order valence-corrected chi connectivity index (χ4v) is 2.43. The van der Waals surface area contributed by atoms with Gasteiger partial charge >= 0.3 is 0 Å². The van der Waals surface area contributed by atoms with Crippen molar-refractivity contribution in [1.82, 2.24) is 15.3 Å². The van der Waals surface area contributed by atoms with Gasteiger partial charge in [0.25, 0.3) is 5.91 Å². The Labute approximate surface area is 121 Å². The van der Waals surface area contributed by atoms with E-state index in [1.54, 1.807) is 13.2 Å². The zero-order valence-corrected chi connectivity index (χ0v) is 13.0. The number of hydrogen-bond donors (Lipinski definition) is 3. The summed E-state index contributed by atoms with van der Waals surface area (Å²) in [5.41, 5.74) is 2.96. The van der Waals surface area contributed by atoms with Gasteiger partial charge in [-0.15, -0.1) is 0 Å². The Balaban J connectivity index is 2.95. The molecule has 0 aliphatic rings. The van der Waals surface area contributed by atoms with E-state index in [1.165, 1.54) is 6.20 Å². The number of hydrogen-bond acceptors (Lipinski definition) is 6. The van der Waals surface area contributed by atoms with Crippen LogP contribution >= 0.6 is 0 Å². The van der Waals surface area contributed by atoms with E-state index in [0.29, 0.717) is 17.3 Å². The molecule has 2 atom stereocenters. The highest BCUT2D eigenvalue weighted by molar-refractivity contribution is 7.84. The Bertz CT molecular complexity index is 507. The third-order valence-corrected chi connectivity index (χ3v) is 3.53. The summed E-state index contributed by atoms with van der Waals surface area (Å²) in [6, 6.07) is -0.212. The van der Waals surface area contributed by atoms with E-state index in [-0.39, 0.29) is 23.6 Å². The maximum absolute atomic E-state index is 12.2. The van der Waals surface area contributed by atoms with Gasteiger partial charge in [-0.2, -0.15) is 0 Å². The topological polar surface area (TPSA) is 110 Å². The van der Waals surface area contributed by atoms with Gasteiger partial charge in [0.05, 0.1) is 11.9 Å². The van der Waals surface area contributed by atoms with Crippen LogP contribution in [0.5, 0.6) is 0 Å². The normalized spacial score (nSPS) is 13.9. The first-order valence-corrected chi connectivity index (χ1v) is 8.02. The molecule has 0 spiro atoms. The number of carbonyl (C=O) groups excluding carboxylic acids is 1. The smallest absolute Gasteiger partial charge is 0.272 e. The monoisotopic (exact) mass is 299 g/mol. The second-order valence-electron chi connectivity index (χ2n) is 4.90. The number of aromatic nitrogens is 2. The van der Waals surface area contributed by atoms with E-state index in [4.69, 9.17) is 5.84 Å². The van der Waals surface area contributed by atoms with Gasteiger partial charge < -0.3 is 10.7 Å². The summed E-state index contributed by atoms with van der Waals surface area (Å²) in [6.45, 7) is 5.67. The Hall–Kier alpha value is -1.54. The SMILES string of the molecule is CC(CS(C)=O)NC(=O)c1nc(C(C)C)ncc1NN. The minimum Gasteiger partial charge on any atom is -0.347 e. The van der Waals surface area contributed by atoms with Crippen LogP contribution in [0.2, 0.25) is 0 Å². The van der Waals surface area contributed by atoms with Crippen molar-refractivity contribution >= 4 is 22.4 Å². The molecular weight excluding hydrogens is 278 g/mol. The maximum Gasteiger partial charge on any atom is 0.272 e. The number of rotatable bonds is 6. The van der Waals surface area contributed by atoms with Gasteiger partial charge in [0.2, 0.25) is 0 Å². The van der Waals surface area contributed by atoms with Crippen molar-refractivity contribution in [2.24, 2.45) is 5.84 Å². The molecule has 20 heavy (non-hydrogen) atoms. The maximum atomic E-state index is 12.2. The Kier molecular flexibility index (Phi) is 6.03. The number of nitrogens with two attached hydrogens (primary N) is 1. The molecule has 1 amide bonds. The molecule has 0 saturated heterocycles. The Morgan fingerprint density at radius 1 is 1.45 bits per heavy atom. The average molecular weight is 299 g/mol. The lowest BCUT2D eigenvalue weighted by atomic mass is 10.2. The molecule has 0 saturated carbocycles. The van der Waals surface area contributed by atoms with Gasteiger partial charge in [-0.05, 0) is 6.92 Å². The molecule has 7 nitrogen and oxygen atoms in total. The van der Waals surface area contributed by atoms with Crippen LogP contribution in [0, 0.1) is 0 Å². The number of nitrogens with zero attached hydrogens (tertiary/aromatic N) is 2. The Morgan fingerprint density at radius 2 is 2.10 bits per heavy atom. The molecule has 0 aliphatic carbocycles. The molecule has 4 N–H and O–H groups in total. The lowest BCUT2D eigenvalue weighted by molar-refractivity contribution is 0.0939. The second-order valence-corrected chi connectivity index (χ2v) is 6.38. The molecule has 0 aromatic carbocycles. The summed E-state index contributed by atoms with van der Waals surface area (Å²) in [5.74, 6) is 6.07. The predicted octanol–water partition coefficient (Wildman–Crippen LogP) is 0.382. The third-order valence-electron chi connectivity index (χ3n) is 2.56. The fourth-order valence-electron chi connectivity index (χ4n) is 1.64. The van der Waals surface area contributed by atoms with Crippen LogP contribution in [0.1, 0.15) is 43.0 Å². The number of anilines is 1. The number of nitrogens with one attached hydrogen (secondary N) is 2. The lowest BCUT2D eigenvalue weighted by Crippen LogP contribution is -2.37. The Morgan fingerprint density at radius 3 is 2.60 bits per heavy atom. The van der Waals surface area contributed by atoms with Crippen LogP contribution in [0.15, 0.2) is 6.20 Å². The quantitative estimate of drug-likeness (QED) is 0.517. The van der Waals surface area contributed by atoms with Crippen LogP contribution < -0.4 is 16.6 Å². The van der Waals surface area contributed by atoms with E-state index in [0.717, 1.165) is 0 Å². The molecule has 1 aromatic rings. The van der Waals surface area contributed by atoms with Crippen LogP contribution in [0.25, 0.3) is 0 Å². The summed E-state index contributed by atoms with van der Waals surface area (Å²) >= 11 is 0. The largest absolute Gasteiger partial charge is 0.347 e. The van der Waals surface area contributed by atoms with E-state index < -0.39 is 10.8 Å². The molecule has 112 valence electrons. The standard InChI is InChI=1S/C12H21N5O2S/c1-7(2)11-14-5-9(17-13)10(16-11)12(18)15-8(3)6-20(4)19/h5,7-8,17H,6,13H2,1-4H3,(H,15,18). The molecule has 2 unspecified atom stereocenters. The van der Waals surface area contributed by atoms with Gasteiger partial charge in [0.15, 0.2) is 5.69 Å². The number of hydrazine groups is 1. The zero-order valence-electron chi connectivity index (χ0n) is 12.1. The molecule has 0 bridgehead atoms. The number of nitrogen functional groups attached to an aromatic ring is 1. The van der Waals surface area contributed by atoms with Gasteiger partial charge in [0, 0.05) is 34.8 Å². The van der Waals surface area contributed by atoms with Crippen molar-refractivity contribution in [1.29, 1.82) is 0 Å². The lowest BCUT2D eigenvalue weighted by Gasteiger charge is -2.15. The van der Waals surface area contributed by atoms with Crippen molar-refractivity contribution in [3.8, 4) is 0 Å². The molecular formula is C12H21N5O2S. The van der Waals surface area contributed by atoms with Crippen molar-refractivity contribution < 1.29 is 9.00 Å². The first-order chi connectivity index (χ1) is 9.35. The fraction of sp³-hybridized carbons (Fsp3) is 0.583. The van der Waals surface area contributed by atoms with E-state index >= 15 is 0 Å². The second kappa shape index (κ2) is 7.30. The van der Waals surface area contributed by atoms with Crippen molar-refractivity contribution in [2.45, 2.75) is 32.7 Å². The molecule has 0 aliphatic heterocycles. The average Bonchev–Trinajstić information content (AvgIpc) is 2.36. The minimum atomic E-state index is -0.975. The van der Waals surface area contributed by atoms with Gasteiger partial charge in [-0.25, -0.2) is 9.97 Å². The van der Waals surface area contributed by atoms with E-state index in [1.807, 2.05) is 13.8 Å². The van der Waals surface area contributed by atoms with Crippen LogP contribution in [0.3, 0.4) is 0 Å². The van der Waals surface area contributed by atoms with E-state index in [2.05, 4.69) is 20.7 Å².